The Kier molecular flexibility index (Phi) is 7.10. The second kappa shape index (κ2) is 9.07. The normalized spacial score (nSPS) is 18.0. The Morgan fingerprint density at radius 2 is 1.80 bits per heavy atom. The van der Waals surface area contributed by atoms with Gasteiger partial charge >= 0.3 is 0 Å². The fraction of sp³-hybridized carbons (Fsp3) is 0.364. The van der Waals surface area contributed by atoms with Crippen LogP contribution >= 0.6 is 12.4 Å². The highest BCUT2D eigenvalue weighted by molar-refractivity contribution is 5.85. The molecule has 1 N–H and O–H groups in total. The molecule has 0 fully saturated rings. The molecule has 1 atom stereocenters. The molecule has 2 aromatic carbocycles. The van der Waals surface area contributed by atoms with Crippen molar-refractivity contribution in [2.45, 2.75) is 31.6 Å². The Hall–Kier alpha value is -1.77. The van der Waals surface area contributed by atoms with E-state index in [2.05, 4.69) is 55.4 Å². The number of phenolic OH excluding ortho intramolecular Hbond substituents is 1. The van der Waals surface area contributed by atoms with Crippen LogP contribution in [0.4, 0.5) is 0 Å². The van der Waals surface area contributed by atoms with E-state index >= 15 is 0 Å². The zero-order valence-electron chi connectivity index (χ0n) is 15.1. The summed E-state index contributed by atoms with van der Waals surface area (Å²) in [6, 6.07) is 18.6. The summed E-state index contributed by atoms with van der Waals surface area (Å²) < 4.78 is 0. The van der Waals surface area contributed by atoms with Crippen LogP contribution in [-0.2, 0) is 0 Å². The Morgan fingerprint density at radius 1 is 1.04 bits per heavy atom. The van der Waals surface area contributed by atoms with Gasteiger partial charge in [-0.3, -0.25) is 0 Å². The van der Waals surface area contributed by atoms with Crippen molar-refractivity contribution in [3.8, 4) is 5.75 Å². The number of benzene rings is 2. The summed E-state index contributed by atoms with van der Waals surface area (Å²) in [5, 5.41) is 9.93. The highest BCUT2D eigenvalue weighted by atomic mass is 35.5. The lowest BCUT2D eigenvalue weighted by molar-refractivity contribution is 0.438. The highest BCUT2D eigenvalue weighted by Gasteiger charge is 2.21. The van der Waals surface area contributed by atoms with Crippen molar-refractivity contribution in [2.24, 2.45) is 0 Å². The Morgan fingerprint density at radius 3 is 2.48 bits per heavy atom. The molecule has 25 heavy (non-hydrogen) atoms. The molecule has 1 aliphatic rings. The minimum atomic E-state index is 0. The van der Waals surface area contributed by atoms with Crippen LogP contribution in [0.2, 0.25) is 0 Å². The largest absolute Gasteiger partial charge is 0.508 e. The fourth-order valence-corrected chi connectivity index (χ4v) is 3.79. The second-order valence-electron chi connectivity index (χ2n) is 7.07. The van der Waals surface area contributed by atoms with Gasteiger partial charge in [0.15, 0.2) is 0 Å². The summed E-state index contributed by atoms with van der Waals surface area (Å²) in [6.07, 6.45) is 4.65. The van der Waals surface area contributed by atoms with Crippen LogP contribution in [0.3, 0.4) is 0 Å². The zero-order chi connectivity index (χ0) is 16.9. The Labute approximate surface area is 157 Å². The van der Waals surface area contributed by atoms with Gasteiger partial charge in [-0.15, -0.1) is 12.4 Å². The van der Waals surface area contributed by atoms with E-state index in [1.54, 1.807) is 6.07 Å². The van der Waals surface area contributed by atoms with Gasteiger partial charge in [0.2, 0.25) is 0 Å². The topological polar surface area (TPSA) is 23.5 Å². The molecule has 3 rings (SSSR count). The van der Waals surface area contributed by atoms with Gasteiger partial charge in [0, 0.05) is 6.54 Å². The van der Waals surface area contributed by atoms with Crippen LogP contribution in [0, 0.1) is 0 Å². The molecule has 0 aliphatic heterocycles. The predicted octanol–water partition coefficient (Wildman–Crippen LogP) is 5.49. The van der Waals surface area contributed by atoms with E-state index in [0.717, 1.165) is 19.4 Å². The zero-order valence-corrected chi connectivity index (χ0v) is 15.9. The van der Waals surface area contributed by atoms with E-state index < -0.39 is 0 Å². The van der Waals surface area contributed by atoms with Gasteiger partial charge < -0.3 is 10.0 Å². The minimum absolute atomic E-state index is 0. The molecule has 0 heterocycles. The molecule has 2 nitrogen and oxygen atoms in total. The van der Waals surface area contributed by atoms with E-state index in [1.807, 2.05) is 12.1 Å². The highest BCUT2D eigenvalue weighted by Crippen LogP contribution is 2.39. The third-order valence-electron chi connectivity index (χ3n) is 4.88. The lowest BCUT2D eigenvalue weighted by Crippen LogP contribution is -2.16. The molecule has 0 saturated carbocycles. The molecule has 1 aliphatic carbocycles. The summed E-state index contributed by atoms with van der Waals surface area (Å²) in [4.78, 5) is 2.25. The van der Waals surface area contributed by atoms with Crippen LogP contribution in [-0.4, -0.2) is 30.6 Å². The first kappa shape index (κ1) is 19.6. The molecule has 2 aromatic rings. The molecule has 0 saturated heterocycles. The standard InChI is InChI=1S/C22H27NO.ClH/c1-23(2)16-20-12-6-10-18(17-8-4-3-5-9-17)15-22(20)19-11-7-13-21(24)14-19;/h3-5,7-9,11,13-14,18,24H,6,10,12,15-16H2,1-2H3;1H. The summed E-state index contributed by atoms with van der Waals surface area (Å²) in [6.45, 7) is 0.993. The maximum atomic E-state index is 9.93. The summed E-state index contributed by atoms with van der Waals surface area (Å²) in [5.41, 5.74) is 5.55. The van der Waals surface area contributed by atoms with Crippen LogP contribution in [0.15, 0.2) is 60.2 Å². The van der Waals surface area contributed by atoms with Crippen LogP contribution < -0.4 is 0 Å². The molecule has 134 valence electrons. The first-order valence-corrected chi connectivity index (χ1v) is 8.83. The molecule has 0 spiro atoms. The number of allylic oxidation sites excluding steroid dienone is 1. The van der Waals surface area contributed by atoms with Gasteiger partial charge in [-0.1, -0.05) is 48.0 Å². The lowest BCUT2D eigenvalue weighted by atomic mass is 9.87. The van der Waals surface area contributed by atoms with Gasteiger partial charge in [-0.25, -0.2) is 0 Å². The molecule has 0 bridgehead atoms. The number of rotatable bonds is 4. The fourth-order valence-electron chi connectivity index (χ4n) is 3.79. The number of likely N-dealkylation sites (N-methyl/N-ethyl adjacent to an activating group) is 1. The maximum Gasteiger partial charge on any atom is 0.116 e. The number of hydrogen-bond acceptors (Lipinski definition) is 2. The van der Waals surface area contributed by atoms with Crippen LogP contribution in [0.25, 0.3) is 5.57 Å². The van der Waals surface area contributed by atoms with E-state index in [1.165, 1.54) is 35.1 Å². The van der Waals surface area contributed by atoms with Crippen LogP contribution in [0.1, 0.15) is 42.7 Å². The van der Waals surface area contributed by atoms with Crippen molar-refractivity contribution in [1.29, 1.82) is 0 Å². The number of halogens is 1. The number of hydrogen-bond donors (Lipinski definition) is 1. The van der Waals surface area contributed by atoms with Crippen LogP contribution in [0.5, 0.6) is 5.75 Å². The van der Waals surface area contributed by atoms with E-state index in [0.29, 0.717) is 11.7 Å². The van der Waals surface area contributed by atoms with Gasteiger partial charge in [-0.05, 0) is 74.5 Å². The monoisotopic (exact) mass is 357 g/mol. The first-order chi connectivity index (χ1) is 11.6. The van der Waals surface area contributed by atoms with Crippen molar-refractivity contribution >= 4 is 18.0 Å². The quantitative estimate of drug-likeness (QED) is 0.782. The Bertz CT molecular complexity index is 709. The van der Waals surface area contributed by atoms with Crippen molar-refractivity contribution in [3.05, 3.63) is 71.3 Å². The van der Waals surface area contributed by atoms with E-state index in [-0.39, 0.29) is 12.4 Å². The number of phenols is 1. The van der Waals surface area contributed by atoms with Gasteiger partial charge in [0.05, 0.1) is 0 Å². The van der Waals surface area contributed by atoms with Crippen molar-refractivity contribution in [2.75, 3.05) is 20.6 Å². The lowest BCUT2D eigenvalue weighted by Gasteiger charge is -2.20. The average molecular weight is 358 g/mol. The van der Waals surface area contributed by atoms with Crippen molar-refractivity contribution in [1.82, 2.24) is 4.90 Å². The maximum absolute atomic E-state index is 9.93. The number of aromatic hydroxyl groups is 1. The minimum Gasteiger partial charge on any atom is -0.508 e. The molecule has 0 amide bonds. The van der Waals surface area contributed by atoms with E-state index in [4.69, 9.17) is 0 Å². The van der Waals surface area contributed by atoms with Crippen molar-refractivity contribution < 1.29 is 5.11 Å². The third-order valence-corrected chi connectivity index (χ3v) is 4.88. The SMILES string of the molecule is CN(C)CC1=C(c2cccc(O)c2)CC(c2ccccc2)CCC1.Cl. The summed E-state index contributed by atoms with van der Waals surface area (Å²) in [7, 11) is 4.26. The molecular weight excluding hydrogens is 330 g/mol. The molecule has 3 heteroatoms. The summed E-state index contributed by atoms with van der Waals surface area (Å²) in [5.74, 6) is 0.910. The smallest absolute Gasteiger partial charge is 0.116 e. The second-order valence-corrected chi connectivity index (χ2v) is 7.07. The molecule has 0 aromatic heterocycles. The average Bonchev–Trinajstić information content (AvgIpc) is 2.78. The van der Waals surface area contributed by atoms with Gasteiger partial charge in [0.1, 0.15) is 5.75 Å². The number of nitrogens with zero attached hydrogens (tertiary/aromatic N) is 1. The van der Waals surface area contributed by atoms with Gasteiger partial charge in [0.25, 0.3) is 0 Å². The van der Waals surface area contributed by atoms with Crippen molar-refractivity contribution in [3.63, 3.8) is 0 Å². The summed E-state index contributed by atoms with van der Waals surface area (Å²) >= 11 is 0. The molecule has 1 unspecified atom stereocenters. The molecular formula is C22H28ClNO. The third kappa shape index (κ3) is 5.10. The predicted molar refractivity (Wildman–Crippen MR) is 108 cm³/mol. The molecule has 0 radical (unpaired) electrons. The first-order valence-electron chi connectivity index (χ1n) is 8.83. The van der Waals surface area contributed by atoms with Gasteiger partial charge in [-0.2, -0.15) is 0 Å². The van der Waals surface area contributed by atoms with E-state index in [9.17, 15) is 5.11 Å². The Balaban J connectivity index is 0.00000225.